The van der Waals surface area contributed by atoms with Crippen LogP contribution in [-0.4, -0.2) is 44.2 Å². The predicted molar refractivity (Wildman–Crippen MR) is 164 cm³/mol. The molecule has 5 N–H and O–H groups in total. The van der Waals surface area contributed by atoms with Crippen molar-refractivity contribution in [2.24, 2.45) is 11.5 Å². The Labute approximate surface area is 236 Å². The Morgan fingerprint density at radius 2 is 1.11 bits per heavy atom. The first kappa shape index (κ1) is 36.3. The van der Waals surface area contributed by atoms with E-state index in [1.807, 2.05) is 0 Å². The molecule has 0 unspecified atom stereocenters. The SMILES string of the molecule is Cl.Cl.Cl.Cl.NCCCCCN(CCCCNCCCN)Cc1c2ccccc2cc2ccccc12. The van der Waals surface area contributed by atoms with Crippen molar-refractivity contribution in [3.8, 4) is 0 Å². The van der Waals surface area contributed by atoms with Crippen LogP contribution in [0.3, 0.4) is 0 Å². The minimum Gasteiger partial charge on any atom is -0.330 e. The summed E-state index contributed by atoms with van der Waals surface area (Å²) in [4.78, 5) is 2.66. The van der Waals surface area contributed by atoms with E-state index >= 15 is 0 Å². The number of nitrogens with one attached hydrogen (secondary N) is 1. The van der Waals surface area contributed by atoms with Gasteiger partial charge in [0.2, 0.25) is 0 Å². The molecule has 0 aliphatic heterocycles. The maximum atomic E-state index is 5.71. The maximum absolute atomic E-state index is 5.71. The van der Waals surface area contributed by atoms with Gasteiger partial charge in [0, 0.05) is 6.54 Å². The molecule has 0 spiro atoms. The van der Waals surface area contributed by atoms with Crippen molar-refractivity contribution >= 4 is 71.2 Å². The van der Waals surface area contributed by atoms with Gasteiger partial charge in [0.05, 0.1) is 0 Å². The minimum absolute atomic E-state index is 0. The van der Waals surface area contributed by atoms with E-state index in [0.29, 0.717) is 0 Å². The zero-order valence-electron chi connectivity index (χ0n) is 20.6. The Hall–Kier alpha value is -0.820. The molecule has 0 aliphatic rings. The molecule has 0 aromatic heterocycles. The molecule has 0 atom stereocenters. The molecule has 3 aromatic carbocycles. The number of unbranched alkanes of at least 4 members (excludes halogenated alkanes) is 3. The third-order valence-electron chi connectivity index (χ3n) is 6.08. The summed E-state index contributed by atoms with van der Waals surface area (Å²) in [5.74, 6) is 0. The fourth-order valence-corrected chi connectivity index (χ4v) is 4.37. The van der Waals surface area contributed by atoms with Gasteiger partial charge in [0.1, 0.15) is 0 Å². The second-order valence-corrected chi connectivity index (χ2v) is 8.52. The average molecular weight is 566 g/mol. The summed E-state index contributed by atoms with van der Waals surface area (Å²) >= 11 is 0. The van der Waals surface area contributed by atoms with Gasteiger partial charge >= 0.3 is 0 Å². The van der Waals surface area contributed by atoms with Crippen LogP contribution in [0, 0.1) is 0 Å². The van der Waals surface area contributed by atoms with Crippen molar-refractivity contribution in [1.29, 1.82) is 0 Å². The van der Waals surface area contributed by atoms with Crippen LogP contribution in [0.2, 0.25) is 0 Å². The molecule has 0 radical (unpaired) electrons. The summed E-state index contributed by atoms with van der Waals surface area (Å²) in [7, 11) is 0. The number of hydrogen-bond acceptors (Lipinski definition) is 4. The number of benzene rings is 3. The Kier molecular flexibility index (Phi) is 22.1. The third kappa shape index (κ3) is 11.8. The lowest BCUT2D eigenvalue weighted by Gasteiger charge is -2.24. The number of nitrogens with zero attached hydrogens (tertiary/aromatic N) is 1. The molecule has 0 fully saturated rings. The molecule has 0 amide bonds. The summed E-state index contributed by atoms with van der Waals surface area (Å²) in [6, 6.07) is 20.0. The fourth-order valence-electron chi connectivity index (χ4n) is 4.37. The Morgan fingerprint density at radius 1 is 0.600 bits per heavy atom. The number of nitrogens with two attached hydrogens (primary N) is 2. The highest BCUT2D eigenvalue weighted by atomic mass is 35.5. The summed E-state index contributed by atoms with van der Waals surface area (Å²) < 4.78 is 0. The Morgan fingerprint density at radius 3 is 1.69 bits per heavy atom. The average Bonchev–Trinajstić information content (AvgIpc) is 2.80. The second kappa shape index (κ2) is 21.3. The summed E-state index contributed by atoms with van der Waals surface area (Å²) in [5.41, 5.74) is 12.8. The summed E-state index contributed by atoms with van der Waals surface area (Å²) in [5, 5.41) is 8.95. The number of rotatable bonds is 15. The lowest BCUT2D eigenvalue weighted by molar-refractivity contribution is 0.255. The summed E-state index contributed by atoms with van der Waals surface area (Å²) in [6.45, 7) is 6.95. The number of hydrogen-bond donors (Lipinski definition) is 3. The predicted octanol–water partition coefficient (Wildman–Crippen LogP) is 6.33. The van der Waals surface area contributed by atoms with Crippen molar-refractivity contribution in [3.05, 3.63) is 60.2 Å². The van der Waals surface area contributed by atoms with E-state index in [4.69, 9.17) is 11.5 Å². The van der Waals surface area contributed by atoms with Crippen molar-refractivity contribution in [3.63, 3.8) is 0 Å². The van der Waals surface area contributed by atoms with E-state index in [2.05, 4.69) is 64.8 Å². The van der Waals surface area contributed by atoms with Gasteiger partial charge in [-0.2, -0.15) is 0 Å². The van der Waals surface area contributed by atoms with Crippen LogP contribution < -0.4 is 16.8 Å². The van der Waals surface area contributed by atoms with Gasteiger partial charge in [-0.3, -0.25) is 4.90 Å². The van der Waals surface area contributed by atoms with Crippen LogP contribution in [0.4, 0.5) is 0 Å². The van der Waals surface area contributed by atoms with Crippen molar-refractivity contribution < 1.29 is 0 Å². The number of halogens is 4. The second-order valence-electron chi connectivity index (χ2n) is 8.52. The van der Waals surface area contributed by atoms with E-state index in [0.717, 1.165) is 58.7 Å². The van der Waals surface area contributed by atoms with Gasteiger partial charge in [0.25, 0.3) is 0 Å². The van der Waals surface area contributed by atoms with Gasteiger partial charge in [-0.05, 0) is 105 Å². The van der Waals surface area contributed by atoms with Gasteiger partial charge < -0.3 is 16.8 Å². The highest BCUT2D eigenvalue weighted by molar-refractivity contribution is 6.02. The van der Waals surface area contributed by atoms with E-state index in [9.17, 15) is 0 Å². The minimum atomic E-state index is 0. The molecule has 0 saturated heterocycles. The van der Waals surface area contributed by atoms with Crippen molar-refractivity contribution in [2.75, 3.05) is 39.3 Å². The van der Waals surface area contributed by atoms with Gasteiger partial charge in [-0.25, -0.2) is 0 Å². The molecule has 4 nitrogen and oxygen atoms in total. The lowest BCUT2D eigenvalue weighted by Crippen LogP contribution is -2.27. The monoisotopic (exact) mass is 564 g/mol. The molecule has 200 valence electrons. The van der Waals surface area contributed by atoms with E-state index in [1.165, 1.54) is 52.8 Å². The van der Waals surface area contributed by atoms with Crippen molar-refractivity contribution in [2.45, 2.75) is 45.1 Å². The van der Waals surface area contributed by atoms with E-state index in [1.54, 1.807) is 0 Å². The zero-order valence-corrected chi connectivity index (χ0v) is 23.9. The molecule has 8 heteroatoms. The van der Waals surface area contributed by atoms with Crippen LogP contribution in [0.15, 0.2) is 54.6 Å². The van der Waals surface area contributed by atoms with Crippen LogP contribution in [0.25, 0.3) is 21.5 Å². The lowest BCUT2D eigenvalue weighted by atomic mass is 9.96. The topological polar surface area (TPSA) is 67.3 Å². The first-order valence-electron chi connectivity index (χ1n) is 12.1. The molecule has 3 aromatic rings. The van der Waals surface area contributed by atoms with Crippen LogP contribution in [-0.2, 0) is 6.54 Å². The Balaban J connectivity index is 0. The highest BCUT2D eigenvalue weighted by Gasteiger charge is 2.12. The third-order valence-corrected chi connectivity index (χ3v) is 6.08. The van der Waals surface area contributed by atoms with Crippen LogP contribution in [0.5, 0.6) is 0 Å². The smallest absolute Gasteiger partial charge is 0.0246 e. The maximum Gasteiger partial charge on any atom is 0.0246 e. The molecular weight excluding hydrogens is 522 g/mol. The summed E-state index contributed by atoms with van der Waals surface area (Å²) in [6.07, 6.45) is 7.03. The van der Waals surface area contributed by atoms with Crippen LogP contribution >= 0.6 is 49.6 Å². The standard InChI is InChI=1S/C27H40N4.4ClH/c28-15-6-1-8-19-31(20-9-7-17-30-18-10-16-29)22-27-25-13-4-2-11-23(25)21-24-12-3-5-14-26(24)27;;;;/h2-5,11-14,21,30H,1,6-10,15-20,22,28-29H2;4*1H. The normalized spacial score (nSPS) is 10.4. The van der Waals surface area contributed by atoms with E-state index in [-0.39, 0.29) is 49.6 Å². The van der Waals surface area contributed by atoms with Crippen molar-refractivity contribution in [1.82, 2.24) is 10.2 Å². The Bertz CT molecular complexity index is 872. The molecule has 0 bridgehead atoms. The van der Waals surface area contributed by atoms with E-state index < -0.39 is 0 Å². The molecule has 3 rings (SSSR count). The molecule has 0 saturated carbocycles. The molecular formula is C27H44Cl4N4. The first-order valence-corrected chi connectivity index (χ1v) is 12.1. The molecule has 0 aliphatic carbocycles. The largest absolute Gasteiger partial charge is 0.330 e. The first-order chi connectivity index (χ1) is 15.3. The molecule has 35 heavy (non-hydrogen) atoms. The quantitative estimate of drug-likeness (QED) is 0.149. The highest BCUT2D eigenvalue weighted by Crippen LogP contribution is 2.29. The zero-order chi connectivity index (χ0) is 21.7. The van der Waals surface area contributed by atoms with Gasteiger partial charge in [0.15, 0.2) is 0 Å². The van der Waals surface area contributed by atoms with Gasteiger partial charge in [-0.15, -0.1) is 49.6 Å². The van der Waals surface area contributed by atoms with Gasteiger partial charge in [-0.1, -0.05) is 55.0 Å². The number of fused-ring (bicyclic) bond motifs is 2. The fraction of sp³-hybridized carbons (Fsp3) is 0.481. The molecule has 0 heterocycles. The van der Waals surface area contributed by atoms with Crippen LogP contribution in [0.1, 0.15) is 44.1 Å².